The zero-order valence-corrected chi connectivity index (χ0v) is 13.2. The van der Waals surface area contributed by atoms with Crippen molar-refractivity contribution in [2.45, 2.75) is 18.9 Å². The lowest BCUT2D eigenvalue weighted by molar-refractivity contribution is 0.315. The van der Waals surface area contributed by atoms with Crippen LogP contribution < -0.4 is 0 Å². The van der Waals surface area contributed by atoms with Crippen LogP contribution >= 0.6 is 0 Å². The van der Waals surface area contributed by atoms with Crippen molar-refractivity contribution in [1.29, 1.82) is 0 Å². The molecule has 0 saturated carbocycles. The maximum atomic E-state index is 13.8. The Kier molecular flexibility index (Phi) is 4.09. The summed E-state index contributed by atoms with van der Waals surface area (Å²) in [4.78, 5) is 2.23. The molecule has 1 fully saturated rings. The SMILES string of the molecule is Fc1ccccc1CN1CC[C@H](c2nnc(-c3ccccc3)o2)C1. The van der Waals surface area contributed by atoms with Gasteiger partial charge in [-0.2, -0.15) is 0 Å². The maximum absolute atomic E-state index is 13.8. The Morgan fingerprint density at radius 2 is 1.83 bits per heavy atom. The van der Waals surface area contributed by atoms with Gasteiger partial charge in [0.2, 0.25) is 11.8 Å². The lowest BCUT2D eigenvalue weighted by Crippen LogP contribution is -2.20. The molecule has 24 heavy (non-hydrogen) atoms. The van der Waals surface area contributed by atoms with Crippen molar-refractivity contribution in [2.75, 3.05) is 13.1 Å². The zero-order valence-electron chi connectivity index (χ0n) is 13.2. The van der Waals surface area contributed by atoms with Crippen LogP contribution in [0.1, 0.15) is 23.8 Å². The molecule has 5 heteroatoms. The Morgan fingerprint density at radius 3 is 2.67 bits per heavy atom. The van der Waals surface area contributed by atoms with E-state index in [4.69, 9.17) is 4.42 Å². The van der Waals surface area contributed by atoms with E-state index in [-0.39, 0.29) is 11.7 Å². The van der Waals surface area contributed by atoms with Crippen LogP contribution in [0.5, 0.6) is 0 Å². The molecule has 122 valence electrons. The van der Waals surface area contributed by atoms with Gasteiger partial charge >= 0.3 is 0 Å². The van der Waals surface area contributed by atoms with Crippen LogP contribution in [-0.2, 0) is 6.54 Å². The third-order valence-corrected chi connectivity index (χ3v) is 4.43. The summed E-state index contributed by atoms with van der Waals surface area (Å²) in [6.07, 6.45) is 0.949. The molecule has 4 rings (SSSR count). The highest BCUT2D eigenvalue weighted by atomic mass is 19.1. The van der Waals surface area contributed by atoms with Crippen molar-refractivity contribution in [2.24, 2.45) is 0 Å². The Hall–Kier alpha value is -2.53. The smallest absolute Gasteiger partial charge is 0.247 e. The van der Waals surface area contributed by atoms with Crippen molar-refractivity contribution in [3.63, 3.8) is 0 Å². The van der Waals surface area contributed by atoms with Gasteiger partial charge < -0.3 is 4.42 Å². The fourth-order valence-electron chi connectivity index (χ4n) is 3.14. The van der Waals surface area contributed by atoms with Crippen molar-refractivity contribution >= 4 is 0 Å². The summed E-state index contributed by atoms with van der Waals surface area (Å²) in [7, 11) is 0. The molecular formula is C19H18FN3O. The van der Waals surface area contributed by atoms with Crippen LogP contribution in [-0.4, -0.2) is 28.2 Å². The first kappa shape index (κ1) is 15.0. The van der Waals surface area contributed by atoms with Gasteiger partial charge in [0.15, 0.2) is 0 Å². The number of aromatic nitrogens is 2. The number of benzene rings is 2. The predicted molar refractivity (Wildman–Crippen MR) is 88.8 cm³/mol. The first-order valence-electron chi connectivity index (χ1n) is 8.14. The van der Waals surface area contributed by atoms with Crippen molar-refractivity contribution in [3.8, 4) is 11.5 Å². The molecular weight excluding hydrogens is 305 g/mol. The fourth-order valence-corrected chi connectivity index (χ4v) is 3.14. The number of rotatable bonds is 4. The molecule has 1 aliphatic rings. The Morgan fingerprint density at radius 1 is 1.04 bits per heavy atom. The molecule has 0 amide bonds. The van der Waals surface area contributed by atoms with Crippen LogP contribution in [0.4, 0.5) is 4.39 Å². The van der Waals surface area contributed by atoms with Gasteiger partial charge in [0.1, 0.15) is 5.82 Å². The van der Waals surface area contributed by atoms with Gasteiger partial charge in [-0.1, -0.05) is 36.4 Å². The second kappa shape index (κ2) is 6.53. The van der Waals surface area contributed by atoms with Crippen LogP contribution in [0.25, 0.3) is 11.5 Å². The molecule has 1 atom stereocenters. The monoisotopic (exact) mass is 323 g/mol. The van der Waals surface area contributed by atoms with Gasteiger partial charge in [0, 0.05) is 24.2 Å². The number of likely N-dealkylation sites (tertiary alicyclic amines) is 1. The largest absolute Gasteiger partial charge is 0.420 e. The van der Waals surface area contributed by atoms with Gasteiger partial charge in [-0.3, -0.25) is 4.90 Å². The van der Waals surface area contributed by atoms with Gasteiger partial charge in [-0.05, 0) is 31.2 Å². The molecule has 1 aromatic heterocycles. The number of hydrogen-bond acceptors (Lipinski definition) is 4. The summed E-state index contributed by atoms with van der Waals surface area (Å²) < 4.78 is 19.6. The van der Waals surface area contributed by atoms with Gasteiger partial charge in [0.05, 0.1) is 5.92 Å². The second-order valence-electron chi connectivity index (χ2n) is 6.12. The maximum Gasteiger partial charge on any atom is 0.247 e. The standard InChI is InChI=1S/C19H18FN3O/c20-17-9-5-4-8-15(17)12-23-11-10-16(13-23)19-22-21-18(24-19)14-6-2-1-3-7-14/h1-9,16H,10-13H2/t16-/m0/s1. The molecule has 0 bridgehead atoms. The van der Waals surface area contributed by atoms with Crippen LogP contribution in [0.3, 0.4) is 0 Å². The molecule has 1 saturated heterocycles. The van der Waals surface area contributed by atoms with E-state index in [0.29, 0.717) is 18.3 Å². The molecule has 2 heterocycles. The second-order valence-corrected chi connectivity index (χ2v) is 6.12. The fraction of sp³-hybridized carbons (Fsp3) is 0.263. The van der Waals surface area contributed by atoms with Gasteiger partial charge in [-0.25, -0.2) is 4.39 Å². The molecule has 1 aliphatic heterocycles. The Bertz CT molecular complexity index is 818. The van der Waals surface area contributed by atoms with Gasteiger partial charge in [0.25, 0.3) is 0 Å². The number of hydrogen-bond donors (Lipinski definition) is 0. The first-order chi connectivity index (χ1) is 11.8. The van der Waals surface area contributed by atoms with E-state index in [1.165, 1.54) is 6.07 Å². The Labute approximate surface area is 139 Å². The van der Waals surface area contributed by atoms with Crippen molar-refractivity contribution in [3.05, 3.63) is 71.9 Å². The minimum absolute atomic E-state index is 0.148. The Balaban J connectivity index is 1.44. The van der Waals surface area contributed by atoms with E-state index in [1.54, 1.807) is 6.07 Å². The average molecular weight is 323 g/mol. The van der Waals surface area contributed by atoms with Crippen molar-refractivity contribution < 1.29 is 8.81 Å². The molecule has 2 aromatic carbocycles. The molecule has 4 nitrogen and oxygen atoms in total. The lowest BCUT2D eigenvalue weighted by atomic mass is 10.1. The van der Waals surface area contributed by atoms with Crippen LogP contribution in [0.2, 0.25) is 0 Å². The molecule has 0 spiro atoms. The highest BCUT2D eigenvalue weighted by Crippen LogP contribution is 2.29. The zero-order chi connectivity index (χ0) is 16.4. The third-order valence-electron chi connectivity index (χ3n) is 4.43. The third kappa shape index (κ3) is 3.08. The molecule has 0 unspecified atom stereocenters. The van der Waals surface area contributed by atoms with E-state index in [2.05, 4.69) is 15.1 Å². The van der Waals surface area contributed by atoms with Crippen LogP contribution in [0.15, 0.2) is 59.0 Å². The van der Waals surface area contributed by atoms with Crippen molar-refractivity contribution in [1.82, 2.24) is 15.1 Å². The van der Waals surface area contributed by atoms with E-state index in [9.17, 15) is 4.39 Å². The van der Waals surface area contributed by atoms with Crippen LogP contribution in [0, 0.1) is 5.82 Å². The topological polar surface area (TPSA) is 42.2 Å². The normalized spacial score (nSPS) is 18.1. The summed E-state index contributed by atoms with van der Waals surface area (Å²) >= 11 is 0. The quantitative estimate of drug-likeness (QED) is 0.731. The highest BCUT2D eigenvalue weighted by Gasteiger charge is 2.28. The number of nitrogens with zero attached hydrogens (tertiary/aromatic N) is 3. The minimum atomic E-state index is -0.148. The van der Waals surface area contributed by atoms with E-state index in [1.807, 2.05) is 42.5 Å². The molecule has 0 aliphatic carbocycles. The summed E-state index contributed by atoms with van der Waals surface area (Å²) in [6, 6.07) is 16.7. The minimum Gasteiger partial charge on any atom is -0.420 e. The molecule has 0 N–H and O–H groups in total. The molecule has 0 radical (unpaired) electrons. The summed E-state index contributed by atoms with van der Waals surface area (Å²) in [5, 5.41) is 8.38. The highest BCUT2D eigenvalue weighted by molar-refractivity contribution is 5.51. The first-order valence-corrected chi connectivity index (χ1v) is 8.14. The molecule has 3 aromatic rings. The average Bonchev–Trinajstić information content (AvgIpc) is 3.27. The summed E-state index contributed by atoms with van der Waals surface area (Å²) in [6.45, 7) is 2.33. The van der Waals surface area contributed by atoms with E-state index >= 15 is 0 Å². The predicted octanol–water partition coefficient (Wildman–Crippen LogP) is 3.87. The van der Waals surface area contributed by atoms with E-state index < -0.39 is 0 Å². The van der Waals surface area contributed by atoms with Gasteiger partial charge in [-0.15, -0.1) is 10.2 Å². The summed E-state index contributed by atoms with van der Waals surface area (Å²) in [5.74, 6) is 1.29. The summed E-state index contributed by atoms with van der Waals surface area (Å²) in [5.41, 5.74) is 1.66. The lowest BCUT2D eigenvalue weighted by Gasteiger charge is -2.15. The number of halogens is 1. The van der Waals surface area contributed by atoms with E-state index in [0.717, 1.165) is 30.6 Å².